The summed E-state index contributed by atoms with van der Waals surface area (Å²) in [6.45, 7) is 6.61. The van der Waals surface area contributed by atoms with Crippen LogP contribution in [0.15, 0.2) is 53.2 Å². The molecule has 1 aromatic carbocycles. The number of rotatable bonds is 3. The van der Waals surface area contributed by atoms with Crippen LogP contribution in [0.25, 0.3) is 16.5 Å². The van der Waals surface area contributed by atoms with Gasteiger partial charge in [-0.05, 0) is 53.8 Å². The third-order valence-electron chi connectivity index (χ3n) is 4.26. The van der Waals surface area contributed by atoms with Gasteiger partial charge in [0.15, 0.2) is 0 Å². The van der Waals surface area contributed by atoms with E-state index in [1.165, 1.54) is 22.0 Å². The van der Waals surface area contributed by atoms with Crippen molar-refractivity contribution in [3.63, 3.8) is 0 Å². The van der Waals surface area contributed by atoms with Crippen molar-refractivity contribution in [3.05, 3.63) is 54.4 Å². The molecule has 0 aliphatic carbocycles. The first kappa shape index (κ1) is 14.6. The van der Waals surface area contributed by atoms with Crippen molar-refractivity contribution in [2.24, 2.45) is 10.3 Å². The molecule has 0 spiro atoms. The molecule has 0 bridgehead atoms. The van der Waals surface area contributed by atoms with Gasteiger partial charge in [0.05, 0.1) is 0 Å². The van der Waals surface area contributed by atoms with Crippen molar-refractivity contribution >= 4 is 34.3 Å². The van der Waals surface area contributed by atoms with Crippen LogP contribution >= 0.6 is 11.9 Å². The zero-order valence-corrected chi connectivity index (χ0v) is 14.4. The van der Waals surface area contributed by atoms with E-state index in [4.69, 9.17) is 0 Å². The van der Waals surface area contributed by atoms with Crippen LogP contribution in [0.4, 0.5) is 0 Å². The van der Waals surface area contributed by atoms with Crippen LogP contribution in [0.2, 0.25) is 0 Å². The Balaban J connectivity index is 1.73. The van der Waals surface area contributed by atoms with Gasteiger partial charge in [0.25, 0.3) is 0 Å². The van der Waals surface area contributed by atoms with E-state index in [9.17, 15) is 0 Å². The van der Waals surface area contributed by atoms with Crippen molar-refractivity contribution in [2.75, 3.05) is 12.3 Å². The van der Waals surface area contributed by atoms with E-state index in [-0.39, 0.29) is 0 Å². The molecule has 0 radical (unpaired) electrons. The number of amidine groups is 1. The largest absolute Gasteiger partial charge is 0.347 e. The number of hydrogen-bond acceptors (Lipinski definition) is 3. The second-order valence-corrected chi connectivity index (χ2v) is 7.35. The van der Waals surface area contributed by atoms with Gasteiger partial charge >= 0.3 is 0 Å². The molecule has 2 aliphatic heterocycles. The van der Waals surface area contributed by atoms with Crippen LogP contribution in [0.3, 0.4) is 0 Å². The molecular formula is C19H21N3S. The fraction of sp³-hybridized carbons (Fsp3) is 0.316. The van der Waals surface area contributed by atoms with Crippen molar-refractivity contribution in [2.45, 2.75) is 20.4 Å². The molecule has 0 fully saturated rings. The molecule has 0 saturated heterocycles. The monoisotopic (exact) mass is 323 g/mol. The van der Waals surface area contributed by atoms with Crippen LogP contribution in [0, 0.1) is 5.92 Å². The summed E-state index contributed by atoms with van der Waals surface area (Å²) in [5.74, 6) is 2.79. The molecule has 118 valence electrons. The fourth-order valence-electron chi connectivity index (χ4n) is 3.22. The lowest BCUT2D eigenvalue weighted by atomic mass is 10.0. The molecule has 0 saturated carbocycles. The number of fused-ring (bicyclic) bond motifs is 2. The fourth-order valence-corrected chi connectivity index (χ4v) is 3.91. The van der Waals surface area contributed by atoms with E-state index in [1.807, 2.05) is 0 Å². The van der Waals surface area contributed by atoms with E-state index in [1.54, 1.807) is 11.9 Å². The molecule has 3 nitrogen and oxygen atoms in total. The molecule has 2 aliphatic rings. The number of hydrogen-bond donors (Lipinski definition) is 0. The van der Waals surface area contributed by atoms with E-state index in [0.29, 0.717) is 5.92 Å². The van der Waals surface area contributed by atoms with Crippen molar-refractivity contribution < 1.29 is 0 Å². The molecular weight excluding hydrogens is 302 g/mol. The molecule has 0 amide bonds. The maximum atomic E-state index is 4.67. The number of aromatic nitrogens is 1. The van der Waals surface area contributed by atoms with Crippen molar-refractivity contribution in [1.82, 2.24) is 9.47 Å². The van der Waals surface area contributed by atoms with E-state index >= 15 is 0 Å². The smallest absolute Gasteiger partial charge is 0.148 e. The van der Waals surface area contributed by atoms with Crippen LogP contribution in [0.1, 0.15) is 19.4 Å². The summed E-state index contributed by atoms with van der Waals surface area (Å²) in [5, 5.41) is 1.30. The van der Waals surface area contributed by atoms with Crippen LogP contribution in [-0.2, 0) is 6.54 Å². The molecule has 0 N–H and O–H groups in total. The van der Waals surface area contributed by atoms with E-state index in [0.717, 1.165) is 24.7 Å². The summed E-state index contributed by atoms with van der Waals surface area (Å²) in [6.07, 6.45) is 8.62. The average molecular weight is 323 g/mol. The predicted molar refractivity (Wildman–Crippen MR) is 100 cm³/mol. The van der Waals surface area contributed by atoms with Crippen molar-refractivity contribution in [1.29, 1.82) is 0 Å². The van der Waals surface area contributed by atoms with Crippen LogP contribution in [0.5, 0.6) is 0 Å². The highest BCUT2D eigenvalue weighted by Crippen LogP contribution is 2.29. The zero-order chi connectivity index (χ0) is 15.8. The summed E-state index contributed by atoms with van der Waals surface area (Å²) >= 11 is 1.66. The van der Waals surface area contributed by atoms with Crippen LogP contribution in [-0.4, -0.2) is 27.6 Å². The van der Waals surface area contributed by atoms with E-state index < -0.39 is 0 Å². The SMILES string of the molecule is CC(C)Cn1ccc2cc(C3=CC=CN4CCSN=C34)ccc21. The number of allylic oxidation sites excluding steroid dienone is 2. The Bertz CT molecular complexity index is 826. The number of benzene rings is 1. The third kappa shape index (κ3) is 2.72. The number of nitrogens with zero attached hydrogens (tertiary/aromatic N) is 3. The van der Waals surface area contributed by atoms with Gasteiger partial charge in [-0.1, -0.05) is 19.9 Å². The molecule has 3 heterocycles. The predicted octanol–water partition coefficient (Wildman–Crippen LogP) is 4.57. The maximum absolute atomic E-state index is 4.67. The molecule has 2 aromatic rings. The standard InChI is InChI=1S/C19H21N3S/c1-14(2)13-22-9-7-16-12-15(5-6-18(16)22)17-4-3-8-21-10-11-23-20-19(17)21/h3-9,12,14H,10-11,13H2,1-2H3. The van der Waals surface area contributed by atoms with Gasteiger partial charge in [0, 0.05) is 47.7 Å². The van der Waals surface area contributed by atoms with Crippen LogP contribution < -0.4 is 0 Å². The molecule has 1 aromatic heterocycles. The van der Waals surface area contributed by atoms with Gasteiger partial charge in [-0.25, -0.2) is 0 Å². The molecule has 23 heavy (non-hydrogen) atoms. The first-order valence-corrected chi connectivity index (χ1v) is 9.11. The lowest BCUT2D eigenvalue weighted by molar-refractivity contribution is 0.535. The Hall–Kier alpha value is -1.94. The normalized spacial score (nSPS) is 17.4. The summed E-state index contributed by atoms with van der Waals surface area (Å²) in [5.41, 5.74) is 3.78. The van der Waals surface area contributed by atoms with Gasteiger partial charge in [0.1, 0.15) is 5.84 Å². The highest BCUT2D eigenvalue weighted by Gasteiger charge is 2.21. The summed E-state index contributed by atoms with van der Waals surface area (Å²) in [6, 6.07) is 8.98. The van der Waals surface area contributed by atoms with Gasteiger partial charge in [-0.3, -0.25) is 0 Å². The van der Waals surface area contributed by atoms with Crippen molar-refractivity contribution in [3.8, 4) is 0 Å². The van der Waals surface area contributed by atoms with E-state index in [2.05, 4.69) is 76.5 Å². The lowest BCUT2D eigenvalue weighted by Crippen LogP contribution is -2.32. The Labute approximate surface area is 141 Å². The highest BCUT2D eigenvalue weighted by atomic mass is 32.2. The minimum atomic E-state index is 0.652. The van der Waals surface area contributed by atoms with Gasteiger partial charge in [-0.2, -0.15) is 4.40 Å². The summed E-state index contributed by atoms with van der Waals surface area (Å²) in [7, 11) is 0. The minimum absolute atomic E-state index is 0.652. The molecule has 0 atom stereocenters. The molecule has 4 rings (SSSR count). The second-order valence-electron chi connectivity index (χ2n) is 6.50. The first-order valence-electron chi connectivity index (χ1n) is 8.17. The zero-order valence-electron chi connectivity index (χ0n) is 13.6. The van der Waals surface area contributed by atoms with Gasteiger partial charge < -0.3 is 9.47 Å². The Morgan fingerprint density at radius 1 is 1.26 bits per heavy atom. The lowest BCUT2D eigenvalue weighted by Gasteiger charge is -2.29. The maximum Gasteiger partial charge on any atom is 0.148 e. The van der Waals surface area contributed by atoms with Gasteiger partial charge in [0.2, 0.25) is 0 Å². The minimum Gasteiger partial charge on any atom is -0.347 e. The average Bonchev–Trinajstić information content (AvgIpc) is 2.96. The third-order valence-corrected chi connectivity index (χ3v) is 4.93. The highest BCUT2D eigenvalue weighted by molar-refractivity contribution is 7.98. The quantitative estimate of drug-likeness (QED) is 0.771. The Morgan fingerprint density at radius 3 is 3.04 bits per heavy atom. The molecule has 0 unspecified atom stereocenters. The first-order chi connectivity index (χ1) is 11.2. The topological polar surface area (TPSA) is 20.5 Å². The summed E-state index contributed by atoms with van der Waals surface area (Å²) < 4.78 is 7.01. The Morgan fingerprint density at radius 2 is 2.17 bits per heavy atom. The second kappa shape index (κ2) is 5.93. The van der Waals surface area contributed by atoms with Gasteiger partial charge in [-0.15, -0.1) is 0 Å². The molecule has 4 heteroatoms. The summed E-state index contributed by atoms with van der Waals surface area (Å²) in [4.78, 5) is 2.25. The Kier molecular flexibility index (Phi) is 3.77.